The molecule has 0 aliphatic carbocycles. The molecule has 0 aromatic heterocycles. The molecule has 0 aliphatic heterocycles. The van der Waals surface area contributed by atoms with Crippen LogP contribution in [0, 0.1) is 0 Å². The van der Waals surface area contributed by atoms with Gasteiger partial charge in [-0.1, -0.05) is 13.3 Å². The van der Waals surface area contributed by atoms with Crippen LogP contribution in [0.1, 0.15) is 13.3 Å². The molecule has 0 saturated carbocycles. The lowest BCUT2D eigenvalue weighted by molar-refractivity contribution is 0.124. The highest BCUT2D eigenvalue weighted by Crippen LogP contribution is 2.14. The monoisotopic (exact) mass is 191 g/mol. The second-order valence-corrected chi connectivity index (χ2v) is 6.91. The predicted octanol–water partition coefficient (Wildman–Crippen LogP) is 1.65. The lowest BCUT2D eigenvalue weighted by Crippen LogP contribution is -2.40. The third-order valence-corrected chi connectivity index (χ3v) is 4.78. The van der Waals surface area contributed by atoms with Crippen molar-refractivity contribution >= 4 is 8.56 Å². The fourth-order valence-corrected chi connectivity index (χ4v) is 2.86. The highest BCUT2D eigenvalue weighted by atomic mass is 28.4. The quantitative estimate of drug-likeness (QED) is 0.471. The standard InChI is InChI=1S/C8H21NO2Si/c1-6-7-12(5,10-4)11-8-9(2)3/h6-8H2,1-5H3. The summed E-state index contributed by atoms with van der Waals surface area (Å²) in [5.41, 5.74) is 0. The van der Waals surface area contributed by atoms with Gasteiger partial charge < -0.3 is 8.85 Å². The van der Waals surface area contributed by atoms with Crippen LogP contribution >= 0.6 is 0 Å². The zero-order valence-corrected chi connectivity index (χ0v) is 9.89. The van der Waals surface area contributed by atoms with Crippen LogP contribution in [0.25, 0.3) is 0 Å². The Hall–Kier alpha value is 0.0969. The van der Waals surface area contributed by atoms with Crippen LogP contribution in [0.15, 0.2) is 0 Å². The van der Waals surface area contributed by atoms with Gasteiger partial charge in [0, 0.05) is 7.11 Å². The normalized spacial score (nSPS) is 16.5. The van der Waals surface area contributed by atoms with E-state index in [1.807, 2.05) is 19.0 Å². The molecule has 0 aromatic rings. The predicted molar refractivity (Wildman–Crippen MR) is 53.4 cm³/mol. The number of hydrogen-bond acceptors (Lipinski definition) is 3. The number of rotatable bonds is 6. The van der Waals surface area contributed by atoms with E-state index in [-0.39, 0.29) is 0 Å². The molecule has 4 heteroatoms. The van der Waals surface area contributed by atoms with Crippen molar-refractivity contribution in [1.82, 2.24) is 4.90 Å². The van der Waals surface area contributed by atoms with E-state index in [1.54, 1.807) is 7.11 Å². The molecule has 74 valence electrons. The Kier molecular flexibility index (Phi) is 5.74. The molecule has 0 fully saturated rings. The van der Waals surface area contributed by atoms with Gasteiger partial charge in [-0.3, -0.25) is 4.90 Å². The van der Waals surface area contributed by atoms with Crippen molar-refractivity contribution in [3.63, 3.8) is 0 Å². The summed E-state index contributed by atoms with van der Waals surface area (Å²) < 4.78 is 11.1. The van der Waals surface area contributed by atoms with Crippen molar-refractivity contribution in [2.45, 2.75) is 25.9 Å². The maximum absolute atomic E-state index is 5.72. The Labute approximate surface area is 76.9 Å². The minimum Gasteiger partial charge on any atom is -0.398 e. The third-order valence-electron chi connectivity index (χ3n) is 1.76. The van der Waals surface area contributed by atoms with Crippen LogP contribution in [0.5, 0.6) is 0 Å². The van der Waals surface area contributed by atoms with E-state index < -0.39 is 8.56 Å². The largest absolute Gasteiger partial charge is 0.398 e. The molecule has 0 aliphatic rings. The Balaban J connectivity index is 3.78. The van der Waals surface area contributed by atoms with E-state index in [1.165, 1.54) is 0 Å². The van der Waals surface area contributed by atoms with Crippen molar-refractivity contribution in [3.8, 4) is 0 Å². The minimum atomic E-state index is -1.83. The van der Waals surface area contributed by atoms with E-state index in [0.29, 0.717) is 6.73 Å². The maximum atomic E-state index is 5.72. The van der Waals surface area contributed by atoms with Crippen LogP contribution in [0.4, 0.5) is 0 Å². The van der Waals surface area contributed by atoms with Gasteiger partial charge in [0.05, 0.1) is 6.73 Å². The second kappa shape index (κ2) is 5.69. The molecule has 0 spiro atoms. The van der Waals surface area contributed by atoms with Gasteiger partial charge in [-0.05, 0) is 26.7 Å². The smallest absolute Gasteiger partial charge is 0.335 e. The summed E-state index contributed by atoms with van der Waals surface area (Å²) in [6.07, 6.45) is 1.13. The molecule has 0 saturated heterocycles. The van der Waals surface area contributed by atoms with E-state index in [9.17, 15) is 0 Å². The molecule has 1 unspecified atom stereocenters. The van der Waals surface area contributed by atoms with Gasteiger partial charge in [-0.15, -0.1) is 0 Å². The average molecular weight is 191 g/mol. The van der Waals surface area contributed by atoms with Crippen LogP contribution in [0.2, 0.25) is 12.6 Å². The highest BCUT2D eigenvalue weighted by molar-refractivity contribution is 6.65. The average Bonchev–Trinajstić information content (AvgIpc) is 2.02. The first-order chi connectivity index (χ1) is 5.54. The Bertz CT molecular complexity index is 122. The van der Waals surface area contributed by atoms with E-state index in [2.05, 4.69) is 13.5 Å². The molecule has 0 aromatic carbocycles. The summed E-state index contributed by atoms with van der Waals surface area (Å²) in [5.74, 6) is 0. The first-order valence-electron chi connectivity index (χ1n) is 4.38. The van der Waals surface area contributed by atoms with Crippen molar-refractivity contribution in [2.75, 3.05) is 27.9 Å². The summed E-state index contributed by atoms with van der Waals surface area (Å²) in [5, 5.41) is 0. The maximum Gasteiger partial charge on any atom is 0.335 e. The lowest BCUT2D eigenvalue weighted by atomic mass is 10.6. The van der Waals surface area contributed by atoms with Crippen molar-refractivity contribution in [3.05, 3.63) is 0 Å². The van der Waals surface area contributed by atoms with Gasteiger partial charge >= 0.3 is 8.56 Å². The van der Waals surface area contributed by atoms with Crippen LogP contribution in [0.3, 0.4) is 0 Å². The topological polar surface area (TPSA) is 21.7 Å². The second-order valence-electron chi connectivity index (χ2n) is 3.44. The van der Waals surface area contributed by atoms with Crippen molar-refractivity contribution in [1.29, 1.82) is 0 Å². The SMILES string of the molecule is CCC[Si](C)(OC)OCN(C)C. The summed E-state index contributed by atoms with van der Waals surface area (Å²) in [4.78, 5) is 2.01. The summed E-state index contributed by atoms with van der Waals surface area (Å²) in [6.45, 7) is 4.93. The van der Waals surface area contributed by atoms with Crippen LogP contribution in [-0.4, -0.2) is 41.4 Å². The summed E-state index contributed by atoms with van der Waals surface area (Å²) >= 11 is 0. The fraction of sp³-hybridized carbons (Fsp3) is 1.00. The van der Waals surface area contributed by atoms with Gasteiger partial charge in [0.15, 0.2) is 0 Å². The Morgan fingerprint density at radius 3 is 2.25 bits per heavy atom. The molecular weight excluding hydrogens is 170 g/mol. The molecule has 0 radical (unpaired) electrons. The first kappa shape index (κ1) is 12.1. The minimum absolute atomic E-state index is 0.663. The van der Waals surface area contributed by atoms with Gasteiger partial charge in [0.2, 0.25) is 0 Å². The molecule has 0 heterocycles. The molecular formula is C8H21NO2Si. The van der Waals surface area contributed by atoms with E-state index in [0.717, 1.165) is 12.5 Å². The van der Waals surface area contributed by atoms with Crippen LogP contribution < -0.4 is 0 Å². The molecule has 0 N–H and O–H groups in total. The zero-order valence-electron chi connectivity index (χ0n) is 8.89. The lowest BCUT2D eigenvalue weighted by Gasteiger charge is -2.26. The molecule has 3 nitrogen and oxygen atoms in total. The van der Waals surface area contributed by atoms with Crippen LogP contribution in [-0.2, 0) is 8.85 Å². The Morgan fingerprint density at radius 2 is 1.92 bits per heavy atom. The van der Waals surface area contributed by atoms with Crippen molar-refractivity contribution < 1.29 is 8.85 Å². The van der Waals surface area contributed by atoms with E-state index in [4.69, 9.17) is 8.85 Å². The summed E-state index contributed by atoms with van der Waals surface area (Å²) in [7, 11) is 3.91. The fourth-order valence-electron chi connectivity index (χ4n) is 0.953. The van der Waals surface area contributed by atoms with Gasteiger partial charge in [0.1, 0.15) is 0 Å². The molecule has 0 rings (SSSR count). The van der Waals surface area contributed by atoms with Gasteiger partial charge in [0.25, 0.3) is 0 Å². The zero-order chi connectivity index (χ0) is 9.61. The highest BCUT2D eigenvalue weighted by Gasteiger charge is 2.28. The molecule has 0 bridgehead atoms. The Morgan fingerprint density at radius 1 is 1.33 bits per heavy atom. The molecule has 12 heavy (non-hydrogen) atoms. The van der Waals surface area contributed by atoms with Gasteiger partial charge in [-0.2, -0.15) is 0 Å². The van der Waals surface area contributed by atoms with Gasteiger partial charge in [-0.25, -0.2) is 0 Å². The first-order valence-corrected chi connectivity index (χ1v) is 6.90. The van der Waals surface area contributed by atoms with E-state index >= 15 is 0 Å². The van der Waals surface area contributed by atoms with Crippen molar-refractivity contribution in [2.24, 2.45) is 0 Å². The number of hydrogen-bond donors (Lipinski definition) is 0. The molecule has 0 amide bonds. The molecule has 1 atom stereocenters. The third kappa shape index (κ3) is 4.87. The summed E-state index contributed by atoms with van der Waals surface area (Å²) in [6, 6.07) is 1.07. The number of nitrogens with zero attached hydrogens (tertiary/aromatic N) is 1.